The van der Waals surface area contributed by atoms with Crippen molar-refractivity contribution < 1.29 is 19.1 Å². The quantitative estimate of drug-likeness (QED) is 0.531. The Labute approximate surface area is 171 Å². The van der Waals surface area contributed by atoms with Crippen LogP contribution in [0.15, 0.2) is 36.4 Å². The molecule has 1 aliphatic heterocycles. The van der Waals surface area contributed by atoms with E-state index in [9.17, 15) is 14.4 Å². The predicted molar refractivity (Wildman–Crippen MR) is 110 cm³/mol. The largest absolute Gasteiger partial charge is 0.457 e. The second-order valence-corrected chi connectivity index (χ2v) is 7.59. The molecule has 1 amide bonds. The number of rotatable bonds is 7. The molecule has 0 saturated carbocycles. The van der Waals surface area contributed by atoms with Crippen LogP contribution in [0.2, 0.25) is 0 Å². The first-order valence-electron chi connectivity index (χ1n) is 10.0. The van der Waals surface area contributed by atoms with E-state index >= 15 is 0 Å². The van der Waals surface area contributed by atoms with Crippen LogP contribution >= 0.6 is 0 Å². The minimum absolute atomic E-state index is 0.0684. The Morgan fingerprint density at radius 1 is 1.21 bits per heavy atom. The van der Waals surface area contributed by atoms with Gasteiger partial charge in [-0.2, -0.15) is 0 Å². The van der Waals surface area contributed by atoms with Crippen molar-refractivity contribution in [2.24, 2.45) is 5.92 Å². The van der Waals surface area contributed by atoms with E-state index in [1.165, 1.54) is 0 Å². The number of benzene rings is 1. The molecule has 2 aromatic rings. The molecule has 3 rings (SSSR count). The summed E-state index contributed by atoms with van der Waals surface area (Å²) < 4.78 is 7.33. The highest BCUT2D eigenvalue weighted by molar-refractivity contribution is 5.99. The Hall–Kier alpha value is -2.89. The number of hydrogen-bond donors (Lipinski definition) is 0. The number of aromatic nitrogens is 1. The summed E-state index contributed by atoms with van der Waals surface area (Å²) >= 11 is 0. The third kappa shape index (κ3) is 4.26. The zero-order valence-electron chi connectivity index (χ0n) is 17.5. The van der Waals surface area contributed by atoms with E-state index in [1.807, 2.05) is 68.7 Å². The van der Waals surface area contributed by atoms with Gasteiger partial charge in [0.2, 0.25) is 11.7 Å². The summed E-state index contributed by atoms with van der Waals surface area (Å²) in [7, 11) is 0. The molecule has 6 nitrogen and oxygen atoms in total. The Morgan fingerprint density at radius 3 is 2.52 bits per heavy atom. The number of likely N-dealkylation sites (tertiary alicyclic amines) is 1. The SMILES string of the molecule is CCn1c(C)cc(C(=O)COC(=O)[C@H]2CC(=O)N([C@@H](C)c3ccccc3)C2)c1C. The number of esters is 1. The molecule has 2 atom stereocenters. The molecule has 2 heterocycles. The lowest BCUT2D eigenvalue weighted by Crippen LogP contribution is -2.30. The van der Waals surface area contributed by atoms with Gasteiger partial charge in [0.25, 0.3) is 0 Å². The molecule has 1 fully saturated rings. The van der Waals surface area contributed by atoms with Gasteiger partial charge in [0.1, 0.15) is 0 Å². The van der Waals surface area contributed by atoms with Gasteiger partial charge in [0.15, 0.2) is 6.61 Å². The molecule has 0 unspecified atom stereocenters. The molecule has 6 heteroatoms. The molecule has 1 aromatic heterocycles. The lowest BCUT2D eigenvalue weighted by Gasteiger charge is -2.25. The van der Waals surface area contributed by atoms with Crippen LogP contribution in [0, 0.1) is 19.8 Å². The average Bonchev–Trinajstić information content (AvgIpc) is 3.25. The van der Waals surface area contributed by atoms with Crippen LogP contribution in [-0.2, 0) is 20.9 Å². The molecule has 0 bridgehead atoms. The number of Topliss-reactive ketones (excluding diaryl/α,β-unsaturated/α-hetero) is 1. The zero-order chi connectivity index (χ0) is 21.1. The van der Waals surface area contributed by atoms with Crippen LogP contribution < -0.4 is 0 Å². The molecule has 1 saturated heterocycles. The second kappa shape index (κ2) is 8.64. The van der Waals surface area contributed by atoms with Gasteiger partial charge in [-0.3, -0.25) is 14.4 Å². The van der Waals surface area contributed by atoms with Crippen LogP contribution in [0.4, 0.5) is 0 Å². The van der Waals surface area contributed by atoms with Gasteiger partial charge in [-0.25, -0.2) is 0 Å². The van der Waals surface area contributed by atoms with E-state index in [4.69, 9.17) is 4.74 Å². The second-order valence-electron chi connectivity index (χ2n) is 7.59. The molecule has 0 N–H and O–H groups in total. The molecule has 0 aliphatic carbocycles. The molecular weight excluding hydrogens is 368 g/mol. The topological polar surface area (TPSA) is 68.6 Å². The number of nitrogens with zero attached hydrogens (tertiary/aromatic N) is 2. The molecule has 29 heavy (non-hydrogen) atoms. The van der Waals surface area contributed by atoms with Crippen molar-refractivity contribution in [3.8, 4) is 0 Å². The fourth-order valence-electron chi connectivity index (χ4n) is 4.08. The first-order chi connectivity index (χ1) is 13.8. The summed E-state index contributed by atoms with van der Waals surface area (Å²) in [6.07, 6.45) is 0.120. The molecular formula is C23H28N2O4. The molecule has 154 valence electrons. The average molecular weight is 396 g/mol. The van der Waals surface area contributed by atoms with E-state index in [2.05, 4.69) is 0 Å². The van der Waals surface area contributed by atoms with Crippen LogP contribution in [0.3, 0.4) is 0 Å². The van der Waals surface area contributed by atoms with Gasteiger partial charge in [0, 0.05) is 36.5 Å². The summed E-state index contributed by atoms with van der Waals surface area (Å²) in [5.74, 6) is -1.31. The summed E-state index contributed by atoms with van der Waals surface area (Å²) in [4.78, 5) is 39.1. The van der Waals surface area contributed by atoms with Crippen LogP contribution in [-0.4, -0.2) is 40.3 Å². The lowest BCUT2D eigenvalue weighted by atomic mass is 10.1. The highest BCUT2D eigenvalue weighted by atomic mass is 16.5. The molecule has 1 aromatic carbocycles. The standard InChI is InChI=1S/C23H28N2O4/c1-5-24-15(2)11-20(17(24)4)21(26)14-29-23(28)19-12-22(27)25(13-19)16(3)18-9-7-6-8-10-18/h6-11,16,19H,5,12-14H2,1-4H3/t16-,19-/m0/s1. The van der Waals surface area contributed by atoms with Gasteiger partial charge in [-0.15, -0.1) is 0 Å². The number of ether oxygens (including phenoxy) is 1. The number of aryl methyl sites for hydroxylation is 1. The zero-order valence-corrected chi connectivity index (χ0v) is 17.5. The normalized spacial score (nSPS) is 17.4. The summed E-state index contributed by atoms with van der Waals surface area (Å²) in [6, 6.07) is 11.4. The maximum atomic E-state index is 12.5. The van der Waals surface area contributed by atoms with Crippen molar-refractivity contribution in [3.05, 3.63) is 58.9 Å². The van der Waals surface area contributed by atoms with Crippen molar-refractivity contribution in [3.63, 3.8) is 0 Å². The smallest absolute Gasteiger partial charge is 0.311 e. The van der Waals surface area contributed by atoms with E-state index < -0.39 is 11.9 Å². The van der Waals surface area contributed by atoms with Gasteiger partial charge in [-0.1, -0.05) is 30.3 Å². The number of hydrogen-bond acceptors (Lipinski definition) is 4. The summed E-state index contributed by atoms with van der Waals surface area (Å²) in [5, 5.41) is 0. The van der Waals surface area contributed by atoms with Gasteiger partial charge < -0.3 is 14.2 Å². The number of carbonyl (C=O) groups is 3. The number of amides is 1. The minimum atomic E-state index is -0.537. The van der Waals surface area contributed by atoms with E-state index in [0.29, 0.717) is 12.1 Å². The summed E-state index contributed by atoms with van der Waals surface area (Å²) in [6.45, 7) is 8.61. The van der Waals surface area contributed by atoms with Crippen molar-refractivity contribution in [1.29, 1.82) is 0 Å². The monoisotopic (exact) mass is 396 g/mol. The third-order valence-corrected chi connectivity index (χ3v) is 5.78. The van der Waals surface area contributed by atoms with Crippen molar-refractivity contribution >= 4 is 17.7 Å². The Balaban J connectivity index is 1.59. The van der Waals surface area contributed by atoms with Crippen molar-refractivity contribution in [2.45, 2.75) is 46.7 Å². The maximum Gasteiger partial charge on any atom is 0.311 e. The fourth-order valence-corrected chi connectivity index (χ4v) is 4.08. The predicted octanol–water partition coefficient (Wildman–Crippen LogP) is 3.46. The van der Waals surface area contributed by atoms with Crippen molar-refractivity contribution in [1.82, 2.24) is 9.47 Å². The van der Waals surface area contributed by atoms with Gasteiger partial charge in [0.05, 0.1) is 12.0 Å². The summed E-state index contributed by atoms with van der Waals surface area (Å²) in [5.41, 5.74) is 3.49. The Bertz CT molecular complexity index is 916. The van der Waals surface area contributed by atoms with Gasteiger partial charge >= 0.3 is 5.97 Å². The lowest BCUT2D eigenvalue weighted by molar-refractivity contribution is -0.147. The van der Waals surface area contributed by atoms with Crippen LogP contribution in [0.25, 0.3) is 0 Å². The molecule has 1 aliphatic rings. The highest BCUT2D eigenvalue weighted by Gasteiger charge is 2.38. The third-order valence-electron chi connectivity index (χ3n) is 5.78. The first-order valence-corrected chi connectivity index (χ1v) is 10.0. The minimum Gasteiger partial charge on any atom is -0.457 e. The first kappa shape index (κ1) is 20.8. The Kier molecular flexibility index (Phi) is 6.20. The number of carbonyl (C=O) groups excluding carboxylic acids is 3. The van der Waals surface area contributed by atoms with E-state index in [0.717, 1.165) is 23.5 Å². The number of ketones is 1. The maximum absolute atomic E-state index is 12.5. The molecule has 0 radical (unpaired) electrons. The van der Waals surface area contributed by atoms with E-state index in [-0.39, 0.29) is 30.8 Å². The highest BCUT2D eigenvalue weighted by Crippen LogP contribution is 2.29. The Morgan fingerprint density at radius 2 is 1.90 bits per heavy atom. The fraction of sp³-hybridized carbons (Fsp3) is 0.435. The van der Waals surface area contributed by atoms with E-state index in [1.54, 1.807) is 4.90 Å². The van der Waals surface area contributed by atoms with Crippen LogP contribution in [0.5, 0.6) is 0 Å². The van der Waals surface area contributed by atoms with Crippen LogP contribution in [0.1, 0.15) is 53.6 Å². The molecule has 0 spiro atoms. The van der Waals surface area contributed by atoms with Gasteiger partial charge in [-0.05, 0) is 39.3 Å². The van der Waals surface area contributed by atoms with Crippen molar-refractivity contribution in [2.75, 3.05) is 13.2 Å².